The number of hydrogen-bond donors (Lipinski definition) is 2. The molecular formula is C14H21NO. The summed E-state index contributed by atoms with van der Waals surface area (Å²) in [4.78, 5) is 0. The minimum Gasteiger partial charge on any atom is -0.393 e. The third kappa shape index (κ3) is 2.13. The van der Waals surface area contributed by atoms with Crippen molar-refractivity contribution in [1.29, 1.82) is 0 Å². The normalized spacial score (nSPS) is 26.9. The number of hydrogen-bond acceptors (Lipinski definition) is 2. The zero-order valence-corrected chi connectivity index (χ0v) is 10.1. The van der Waals surface area contributed by atoms with Crippen LogP contribution in [0.5, 0.6) is 0 Å². The van der Waals surface area contributed by atoms with Gasteiger partial charge in [-0.2, -0.15) is 0 Å². The summed E-state index contributed by atoms with van der Waals surface area (Å²) in [5.74, 6) is 0.367. The van der Waals surface area contributed by atoms with Gasteiger partial charge in [-0.3, -0.25) is 0 Å². The van der Waals surface area contributed by atoms with E-state index in [1.165, 1.54) is 11.1 Å². The van der Waals surface area contributed by atoms with Crippen LogP contribution in [-0.4, -0.2) is 18.3 Å². The molecule has 0 heterocycles. The fourth-order valence-corrected chi connectivity index (χ4v) is 2.89. The van der Waals surface area contributed by atoms with Crippen LogP contribution >= 0.6 is 0 Å². The van der Waals surface area contributed by atoms with E-state index in [0.717, 1.165) is 19.3 Å². The maximum Gasteiger partial charge on any atom is 0.0586 e. The second-order valence-electron chi connectivity index (χ2n) is 4.79. The molecular weight excluding hydrogens is 198 g/mol. The van der Waals surface area contributed by atoms with Crippen LogP contribution in [0.25, 0.3) is 0 Å². The summed E-state index contributed by atoms with van der Waals surface area (Å²) in [5.41, 5.74) is 2.64. The van der Waals surface area contributed by atoms with Crippen molar-refractivity contribution in [2.45, 2.75) is 38.3 Å². The minimum atomic E-state index is -0.142. The van der Waals surface area contributed by atoms with Gasteiger partial charge in [0.05, 0.1) is 6.10 Å². The molecule has 16 heavy (non-hydrogen) atoms. The Morgan fingerprint density at radius 1 is 1.31 bits per heavy atom. The van der Waals surface area contributed by atoms with Crippen molar-refractivity contribution in [3.05, 3.63) is 35.4 Å². The first-order chi connectivity index (χ1) is 7.74. The molecule has 0 spiro atoms. The van der Waals surface area contributed by atoms with Crippen molar-refractivity contribution in [2.75, 3.05) is 7.05 Å². The molecule has 0 aliphatic heterocycles. The topological polar surface area (TPSA) is 32.3 Å². The third-order valence-corrected chi connectivity index (χ3v) is 3.79. The molecule has 3 unspecified atom stereocenters. The zero-order chi connectivity index (χ0) is 11.5. The number of nitrogens with one attached hydrogen (secondary N) is 1. The maximum atomic E-state index is 10.0. The van der Waals surface area contributed by atoms with Crippen LogP contribution in [0.2, 0.25) is 0 Å². The van der Waals surface area contributed by atoms with Gasteiger partial charge in [-0.05, 0) is 37.9 Å². The number of rotatable bonds is 3. The van der Waals surface area contributed by atoms with Crippen LogP contribution in [0, 0.1) is 12.8 Å². The lowest BCUT2D eigenvalue weighted by molar-refractivity contribution is 0.111. The third-order valence-electron chi connectivity index (χ3n) is 3.79. The van der Waals surface area contributed by atoms with Crippen LogP contribution in [0.4, 0.5) is 0 Å². The molecule has 1 fully saturated rings. The van der Waals surface area contributed by atoms with Crippen molar-refractivity contribution >= 4 is 0 Å². The summed E-state index contributed by atoms with van der Waals surface area (Å²) in [7, 11) is 1.99. The maximum absolute atomic E-state index is 10.0. The average molecular weight is 219 g/mol. The minimum absolute atomic E-state index is 0.142. The van der Waals surface area contributed by atoms with Gasteiger partial charge in [-0.1, -0.05) is 30.7 Å². The molecule has 1 aromatic carbocycles. The number of aryl methyl sites for hydroxylation is 1. The lowest BCUT2D eigenvalue weighted by Gasteiger charge is -2.27. The predicted octanol–water partition coefficient (Wildman–Crippen LogP) is 2.42. The largest absolute Gasteiger partial charge is 0.393 e. The van der Waals surface area contributed by atoms with Crippen LogP contribution < -0.4 is 5.32 Å². The molecule has 1 aromatic rings. The average Bonchev–Trinajstić information content (AvgIpc) is 2.69. The van der Waals surface area contributed by atoms with Gasteiger partial charge in [0.2, 0.25) is 0 Å². The van der Waals surface area contributed by atoms with Crippen LogP contribution in [0.1, 0.15) is 36.4 Å². The van der Waals surface area contributed by atoms with Crippen molar-refractivity contribution in [3.63, 3.8) is 0 Å². The lowest BCUT2D eigenvalue weighted by Crippen LogP contribution is -2.30. The molecule has 0 radical (unpaired) electrons. The van der Waals surface area contributed by atoms with E-state index in [9.17, 15) is 5.11 Å². The number of aliphatic hydroxyl groups excluding tert-OH is 1. The summed E-state index contributed by atoms with van der Waals surface area (Å²) in [6, 6.07) is 8.74. The molecule has 3 atom stereocenters. The fraction of sp³-hybridized carbons (Fsp3) is 0.571. The van der Waals surface area contributed by atoms with Gasteiger partial charge >= 0.3 is 0 Å². The van der Waals surface area contributed by atoms with Crippen LogP contribution in [0.3, 0.4) is 0 Å². The molecule has 2 rings (SSSR count). The molecule has 88 valence electrons. The van der Waals surface area contributed by atoms with E-state index in [1.807, 2.05) is 7.05 Å². The van der Waals surface area contributed by atoms with Crippen LogP contribution in [0.15, 0.2) is 24.3 Å². The summed E-state index contributed by atoms with van der Waals surface area (Å²) >= 11 is 0. The van der Waals surface area contributed by atoms with Gasteiger partial charge in [0, 0.05) is 12.0 Å². The van der Waals surface area contributed by atoms with Crippen molar-refractivity contribution < 1.29 is 5.11 Å². The Kier molecular flexibility index (Phi) is 3.62. The van der Waals surface area contributed by atoms with E-state index in [1.54, 1.807) is 0 Å². The van der Waals surface area contributed by atoms with E-state index in [4.69, 9.17) is 0 Å². The van der Waals surface area contributed by atoms with Gasteiger partial charge in [-0.25, -0.2) is 0 Å². The van der Waals surface area contributed by atoms with Gasteiger partial charge < -0.3 is 10.4 Å². The standard InChI is InChI=1S/C14H21NO/c1-10-6-3-4-7-11(10)14(15-2)12-8-5-9-13(12)16/h3-4,6-7,12-16H,5,8-9H2,1-2H3. The molecule has 1 saturated carbocycles. The van der Waals surface area contributed by atoms with E-state index in [0.29, 0.717) is 12.0 Å². The van der Waals surface area contributed by atoms with Gasteiger partial charge in [-0.15, -0.1) is 0 Å². The molecule has 0 saturated heterocycles. The Balaban J connectivity index is 2.25. The van der Waals surface area contributed by atoms with Crippen molar-refractivity contribution in [1.82, 2.24) is 5.32 Å². The summed E-state index contributed by atoms with van der Waals surface area (Å²) in [6.07, 6.45) is 3.09. The highest BCUT2D eigenvalue weighted by Crippen LogP contribution is 2.36. The molecule has 2 N–H and O–H groups in total. The first kappa shape index (κ1) is 11.6. The summed E-state index contributed by atoms with van der Waals surface area (Å²) < 4.78 is 0. The Morgan fingerprint density at radius 2 is 2.06 bits per heavy atom. The van der Waals surface area contributed by atoms with Gasteiger partial charge in [0.15, 0.2) is 0 Å². The molecule has 0 aromatic heterocycles. The van der Waals surface area contributed by atoms with Crippen molar-refractivity contribution in [3.8, 4) is 0 Å². The Bertz CT molecular complexity index is 350. The number of benzene rings is 1. The summed E-state index contributed by atoms with van der Waals surface area (Å²) in [6.45, 7) is 2.14. The van der Waals surface area contributed by atoms with Gasteiger partial charge in [0.1, 0.15) is 0 Å². The highest BCUT2D eigenvalue weighted by Gasteiger charge is 2.32. The smallest absolute Gasteiger partial charge is 0.0586 e. The quantitative estimate of drug-likeness (QED) is 0.818. The predicted molar refractivity (Wildman–Crippen MR) is 66.3 cm³/mol. The highest BCUT2D eigenvalue weighted by atomic mass is 16.3. The van der Waals surface area contributed by atoms with Crippen molar-refractivity contribution in [2.24, 2.45) is 5.92 Å². The monoisotopic (exact) mass is 219 g/mol. The highest BCUT2D eigenvalue weighted by molar-refractivity contribution is 5.29. The Hall–Kier alpha value is -0.860. The molecule has 1 aliphatic rings. The molecule has 2 heteroatoms. The summed E-state index contributed by atoms with van der Waals surface area (Å²) in [5, 5.41) is 13.4. The Labute approximate surface area is 97.7 Å². The first-order valence-corrected chi connectivity index (χ1v) is 6.15. The second-order valence-corrected chi connectivity index (χ2v) is 4.79. The van der Waals surface area contributed by atoms with E-state index >= 15 is 0 Å². The van der Waals surface area contributed by atoms with Gasteiger partial charge in [0.25, 0.3) is 0 Å². The van der Waals surface area contributed by atoms with E-state index in [2.05, 4.69) is 36.5 Å². The second kappa shape index (κ2) is 4.98. The zero-order valence-electron chi connectivity index (χ0n) is 10.1. The van der Waals surface area contributed by atoms with Crippen LogP contribution in [-0.2, 0) is 0 Å². The molecule has 1 aliphatic carbocycles. The van der Waals surface area contributed by atoms with E-state index < -0.39 is 0 Å². The Morgan fingerprint density at radius 3 is 2.62 bits per heavy atom. The molecule has 0 amide bonds. The molecule has 0 bridgehead atoms. The lowest BCUT2D eigenvalue weighted by atomic mass is 9.88. The van der Waals surface area contributed by atoms with E-state index in [-0.39, 0.29) is 6.10 Å². The molecule has 2 nitrogen and oxygen atoms in total. The fourth-order valence-electron chi connectivity index (χ4n) is 2.89. The first-order valence-electron chi connectivity index (χ1n) is 6.15. The SMILES string of the molecule is CNC(c1ccccc1C)C1CCCC1O. The number of aliphatic hydroxyl groups is 1.